The van der Waals surface area contributed by atoms with Gasteiger partial charge in [-0.2, -0.15) is 0 Å². The van der Waals surface area contributed by atoms with Crippen LogP contribution in [-0.4, -0.2) is 15.2 Å². The zero-order chi connectivity index (χ0) is 21.5. The molecule has 0 spiro atoms. The fraction of sp³-hybridized carbons (Fsp3) is 0.0909. The van der Waals surface area contributed by atoms with Gasteiger partial charge >= 0.3 is 0 Å². The first-order chi connectivity index (χ1) is 14.3. The maximum absolute atomic E-state index is 14.7. The van der Waals surface area contributed by atoms with E-state index in [0.29, 0.717) is 11.6 Å². The normalized spacial score (nSPS) is 13.3. The van der Waals surface area contributed by atoms with E-state index >= 15 is 0 Å². The highest BCUT2D eigenvalue weighted by molar-refractivity contribution is 6.30. The molecule has 0 aliphatic carbocycles. The summed E-state index contributed by atoms with van der Waals surface area (Å²) in [7, 11) is 0. The lowest BCUT2D eigenvalue weighted by molar-refractivity contribution is 0.102. The Morgan fingerprint density at radius 2 is 1.73 bits per heavy atom. The van der Waals surface area contributed by atoms with Gasteiger partial charge in [-0.15, -0.1) is 0 Å². The summed E-state index contributed by atoms with van der Waals surface area (Å²) in [5.41, 5.74) is -1.64. The molecule has 1 N–H and O–H groups in total. The van der Waals surface area contributed by atoms with Crippen molar-refractivity contribution in [2.75, 3.05) is 0 Å². The Kier molecular flexibility index (Phi) is 5.09. The second-order valence-corrected chi connectivity index (χ2v) is 7.23. The molecule has 4 nitrogen and oxygen atoms in total. The molecule has 2 heterocycles. The number of halogens is 4. The van der Waals surface area contributed by atoms with Crippen molar-refractivity contribution in [2.24, 2.45) is 0 Å². The third kappa shape index (κ3) is 3.46. The fourth-order valence-corrected chi connectivity index (χ4v) is 3.42. The number of pyridine rings is 1. The second-order valence-electron chi connectivity index (χ2n) is 6.80. The molecule has 0 aliphatic rings. The predicted molar refractivity (Wildman–Crippen MR) is 105 cm³/mol. The Morgan fingerprint density at radius 1 is 1.00 bits per heavy atom. The van der Waals surface area contributed by atoms with E-state index in [1.54, 1.807) is 12.1 Å². The van der Waals surface area contributed by atoms with Gasteiger partial charge in [-0.3, -0.25) is 4.98 Å². The van der Waals surface area contributed by atoms with Gasteiger partial charge in [0.05, 0.1) is 11.1 Å². The van der Waals surface area contributed by atoms with Crippen LogP contribution in [-0.2, 0) is 5.60 Å². The standard InChI is InChI=1S/C22H14ClF3N2O2/c1-22(29,12-3-2-8-27-11-12)19-20(15-6-4-13(23)9-17(15)25)28-30-21(19)16-7-5-14(24)10-18(16)26/h2-11,29H,1H3/t22-/m0/s1. The first-order valence-corrected chi connectivity index (χ1v) is 9.20. The minimum absolute atomic E-state index is 0.00207. The fourth-order valence-electron chi connectivity index (χ4n) is 3.26. The predicted octanol–water partition coefficient (Wildman–Crippen LogP) is 5.73. The Morgan fingerprint density at radius 3 is 2.40 bits per heavy atom. The molecule has 152 valence electrons. The number of hydrogen-bond donors (Lipinski definition) is 1. The highest BCUT2D eigenvalue weighted by Crippen LogP contribution is 2.43. The van der Waals surface area contributed by atoms with Crippen molar-refractivity contribution in [3.63, 3.8) is 0 Å². The molecule has 0 radical (unpaired) electrons. The van der Waals surface area contributed by atoms with Crippen LogP contribution in [0.15, 0.2) is 65.4 Å². The molecule has 2 aromatic carbocycles. The lowest BCUT2D eigenvalue weighted by Crippen LogP contribution is -2.24. The summed E-state index contributed by atoms with van der Waals surface area (Å²) >= 11 is 5.84. The largest absolute Gasteiger partial charge is 0.380 e. The average molecular weight is 431 g/mol. The van der Waals surface area contributed by atoms with Gasteiger partial charge in [0.2, 0.25) is 0 Å². The zero-order valence-electron chi connectivity index (χ0n) is 15.5. The molecule has 30 heavy (non-hydrogen) atoms. The van der Waals surface area contributed by atoms with Crippen LogP contribution < -0.4 is 0 Å². The van der Waals surface area contributed by atoms with Gasteiger partial charge in [0.15, 0.2) is 5.76 Å². The van der Waals surface area contributed by atoms with E-state index in [2.05, 4.69) is 10.1 Å². The topological polar surface area (TPSA) is 59.2 Å². The first kappa shape index (κ1) is 20.1. The van der Waals surface area contributed by atoms with E-state index in [0.717, 1.165) is 18.2 Å². The van der Waals surface area contributed by atoms with Crippen LogP contribution in [0.3, 0.4) is 0 Å². The molecule has 0 aliphatic heterocycles. The van der Waals surface area contributed by atoms with E-state index in [1.807, 2.05) is 0 Å². The molecule has 0 amide bonds. The molecule has 0 fully saturated rings. The van der Waals surface area contributed by atoms with Crippen LogP contribution in [0.5, 0.6) is 0 Å². The van der Waals surface area contributed by atoms with Crippen LogP contribution in [0, 0.1) is 17.5 Å². The van der Waals surface area contributed by atoms with Crippen molar-refractivity contribution in [1.82, 2.24) is 10.1 Å². The molecule has 4 aromatic rings. The highest BCUT2D eigenvalue weighted by atomic mass is 35.5. The van der Waals surface area contributed by atoms with Crippen molar-refractivity contribution >= 4 is 11.6 Å². The summed E-state index contributed by atoms with van der Waals surface area (Å²) in [5, 5.41) is 15.5. The molecule has 0 saturated carbocycles. The smallest absolute Gasteiger partial charge is 0.176 e. The van der Waals surface area contributed by atoms with Crippen molar-refractivity contribution in [2.45, 2.75) is 12.5 Å². The lowest BCUT2D eigenvalue weighted by Gasteiger charge is -2.24. The van der Waals surface area contributed by atoms with Gasteiger partial charge in [-0.1, -0.05) is 22.8 Å². The maximum atomic E-state index is 14.7. The summed E-state index contributed by atoms with van der Waals surface area (Å²) in [6.45, 7) is 1.43. The number of rotatable bonds is 4. The number of aliphatic hydroxyl groups is 1. The van der Waals surface area contributed by atoms with E-state index in [-0.39, 0.29) is 33.2 Å². The molecule has 4 rings (SSSR count). The van der Waals surface area contributed by atoms with Gasteiger partial charge in [-0.05, 0) is 43.3 Å². The third-order valence-corrected chi connectivity index (χ3v) is 5.00. The Labute approximate surface area is 174 Å². The minimum Gasteiger partial charge on any atom is -0.380 e. The molecule has 0 saturated heterocycles. The van der Waals surface area contributed by atoms with Crippen LogP contribution in [0.25, 0.3) is 22.6 Å². The Bertz CT molecular complexity index is 1160. The number of nitrogens with zero attached hydrogens (tertiary/aromatic N) is 2. The minimum atomic E-state index is -1.80. The number of aromatic nitrogens is 2. The number of benzene rings is 2. The van der Waals surface area contributed by atoms with Crippen LogP contribution in [0.4, 0.5) is 13.2 Å². The molecular formula is C22H14ClF3N2O2. The molecule has 0 unspecified atom stereocenters. The van der Waals surface area contributed by atoms with Crippen LogP contribution >= 0.6 is 11.6 Å². The Hall–Kier alpha value is -3.16. The van der Waals surface area contributed by atoms with Gasteiger partial charge in [-0.25, -0.2) is 13.2 Å². The van der Waals surface area contributed by atoms with E-state index in [9.17, 15) is 18.3 Å². The monoisotopic (exact) mass is 430 g/mol. The average Bonchev–Trinajstić information content (AvgIpc) is 3.14. The summed E-state index contributed by atoms with van der Waals surface area (Å²) in [5.74, 6) is -2.56. The van der Waals surface area contributed by atoms with Crippen LogP contribution in [0.2, 0.25) is 5.02 Å². The van der Waals surface area contributed by atoms with Gasteiger partial charge in [0.25, 0.3) is 0 Å². The number of hydrogen-bond acceptors (Lipinski definition) is 4. The van der Waals surface area contributed by atoms with Crippen molar-refractivity contribution < 1.29 is 22.8 Å². The molecule has 8 heteroatoms. The van der Waals surface area contributed by atoms with Crippen molar-refractivity contribution in [3.05, 3.63) is 94.5 Å². The van der Waals surface area contributed by atoms with Crippen LogP contribution in [0.1, 0.15) is 18.1 Å². The molecule has 2 aromatic heterocycles. The first-order valence-electron chi connectivity index (χ1n) is 8.83. The quantitative estimate of drug-likeness (QED) is 0.449. The maximum Gasteiger partial charge on any atom is 0.176 e. The summed E-state index contributed by atoms with van der Waals surface area (Å²) in [4.78, 5) is 4.00. The zero-order valence-corrected chi connectivity index (χ0v) is 16.3. The van der Waals surface area contributed by atoms with Crippen molar-refractivity contribution in [1.29, 1.82) is 0 Å². The second kappa shape index (κ2) is 7.59. The van der Waals surface area contributed by atoms with Gasteiger partial charge < -0.3 is 9.63 Å². The third-order valence-electron chi connectivity index (χ3n) is 4.76. The Balaban J connectivity index is 2.02. The SMILES string of the molecule is C[C@](O)(c1cccnc1)c1c(-c2ccc(Cl)cc2F)noc1-c1ccc(F)cc1F. The molecule has 0 bridgehead atoms. The summed E-state index contributed by atoms with van der Waals surface area (Å²) in [6, 6.07) is 10.0. The molecular weight excluding hydrogens is 417 g/mol. The van der Waals surface area contributed by atoms with Gasteiger partial charge in [0.1, 0.15) is 28.7 Å². The summed E-state index contributed by atoms with van der Waals surface area (Å²) in [6.07, 6.45) is 2.94. The highest BCUT2D eigenvalue weighted by Gasteiger charge is 2.37. The van der Waals surface area contributed by atoms with E-state index in [4.69, 9.17) is 16.1 Å². The van der Waals surface area contributed by atoms with E-state index in [1.165, 1.54) is 31.5 Å². The van der Waals surface area contributed by atoms with E-state index < -0.39 is 23.1 Å². The molecule has 1 atom stereocenters. The lowest BCUT2D eigenvalue weighted by atomic mass is 9.84. The van der Waals surface area contributed by atoms with Gasteiger partial charge in [0, 0.05) is 34.6 Å². The van der Waals surface area contributed by atoms with Crippen molar-refractivity contribution in [3.8, 4) is 22.6 Å². The summed E-state index contributed by atoms with van der Waals surface area (Å²) < 4.78 is 48.0.